The summed E-state index contributed by atoms with van der Waals surface area (Å²) in [6, 6.07) is 4.12. The zero-order chi connectivity index (χ0) is 15.4. The molecule has 21 heavy (non-hydrogen) atoms. The fraction of sp³-hybridized carbons (Fsp3) is 0.429. The molecular formula is C14H17FN2O4. The van der Waals surface area contributed by atoms with Crippen molar-refractivity contribution in [3.63, 3.8) is 0 Å². The Hall–Kier alpha value is -2.15. The number of halogens is 1. The van der Waals surface area contributed by atoms with Gasteiger partial charge in [-0.2, -0.15) is 0 Å². The maximum atomic E-state index is 13.9. The predicted molar refractivity (Wildman–Crippen MR) is 72.9 cm³/mol. The molecule has 0 atom stereocenters. The molecule has 0 bridgehead atoms. The number of hydrogen-bond acceptors (Lipinski definition) is 4. The molecule has 1 aliphatic heterocycles. The van der Waals surface area contributed by atoms with E-state index in [2.05, 4.69) is 0 Å². The lowest BCUT2D eigenvalue weighted by molar-refractivity contribution is -0.138. The summed E-state index contributed by atoms with van der Waals surface area (Å²) in [5.41, 5.74) is 0.00230. The lowest BCUT2D eigenvalue weighted by Crippen LogP contribution is -2.50. The third kappa shape index (κ3) is 3.69. The van der Waals surface area contributed by atoms with Crippen LogP contribution in [0.2, 0.25) is 0 Å². The van der Waals surface area contributed by atoms with Crippen LogP contribution in [0.3, 0.4) is 0 Å². The molecule has 0 saturated carbocycles. The van der Waals surface area contributed by atoms with Gasteiger partial charge in [-0.05, 0) is 12.1 Å². The Morgan fingerprint density at radius 3 is 2.48 bits per heavy atom. The molecule has 1 saturated heterocycles. The Morgan fingerprint density at radius 2 is 1.95 bits per heavy atom. The second-order valence-corrected chi connectivity index (χ2v) is 4.81. The number of hydrogen-bond donors (Lipinski definition) is 1. The summed E-state index contributed by atoms with van der Waals surface area (Å²) in [5.74, 6) is -1.54. The molecule has 1 aromatic carbocycles. The van der Waals surface area contributed by atoms with Crippen LogP contribution in [-0.2, 0) is 4.79 Å². The van der Waals surface area contributed by atoms with Crippen molar-refractivity contribution >= 4 is 11.9 Å². The molecule has 1 amide bonds. The molecule has 1 N–H and O–H groups in total. The van der Waals surface area contributed by atoms with Gasteiger partial charge in [0, 0.05) is 32.2 Å². The van der Waals surface area contributed by atoms with Gasteiger partial charge in [0.05, 0.1) is 19.2 Å². The first-order valence-electron chi connectivity index (χ1n) is 6.58. The van der Waals surface area contributed by atoms with Gasteiger partial charge in [0.2, 0.25) is 0 Å². The molecule has 114 valence electrons. The van der Waals surface area contributed by atoms with Crippen molar-refractivity contribution in [1.29, 1.82) is 0 Å². The number of methoxy groups -OCH3 is 1. The zero-order valence-corrected chi connectivity index (χ0v) is 11.7. The molecule has 1 fully saturated rings. The van der Waals surface area contributed by atoms with Crippen molar-refractivity contribution in [1.82, 2.24) is 9.80 Å². The van der Waals surface area contributed by atoms with Gasteiger partial charge in [-0.25, -0.2) is 4.39 Å². The number of rotatable bonds is 4. The van der Waals surface area contributed by atoms with Gasteiger partial charge < -0.3 is 14.7 Å². The average molecular weight is 296 g/mol. The van der Waals surface area contributed by atoms with E-state index in [0.717, 1.165) is 0 Å². The van der Waals surface area contributed by atoms with E-state index >= 15 is 0 Å². The summed E-state index contributed by atoms with van der Waals surface area (Å²) >= 11 is 0. The minimum Gasteiger partial charge on any atom is -0.497 e. The zero-order valence-electron chi connectivity index (χ0n) is 11.7. The third-order valence-corrected chi connectivity index (χ3v) is 3.43. The molecule has 0 unspecified atom stereocenters. The van der Waals surface area contributed by atoms with E-state index in [9.17, 15) is 14.0 Å². The maximum Gasteiger partial charge on any atom is 0.317 e. The summed E-state index contributed by atoms with van der Waals surface area (Å²) in [5, 5.41) is 8.72. The lowest BCUT2D eigenvalue weighted by atomic mass is 10.1. The number of nitrogens with zero attached hydrogens (tertiary/aromatic N) is 2. The fourth-order valence-corrected chi connectivity index (χ4v) is 2.27. The van der Waals surface area contributed by atoms with Crippen LogP contribution in [0.4, 0.5) is 4.39 Å². The molecule has 6 nitrogen and oxygen atoms in total. The number of carboxylic acid groups (broad SMARTS) is 1. The van der Waals surface area contributed by atoms with Crippen molar-refractivity contribution in [3.8, 4) is 5.75 Å². The lowest BCUT2D eigenvalue weighted by Gasteiger charge is -2.33. The average Bonchev–Trinajstić information content (AvgIpc) is 2.46. The minimum atomic E-state index is -0.893. The normalized spacial score (nSPS) is 15.8. The molecule has 0 aliphatic carbocycles. The highest BCUT2D eigenvalue weighted by molar-refractivity contribution is 5.94. The monoisotopic (exact) mass is 296 g/mol. The van der Waals surface area contributed by atoms with E-state index in [1.165, 1.54) is 30.2 Å². The van der Waals surface area contributed by atoms with Crippen molar-refractivity contribution in [2.75, 3.05) is 39.8 Å². The van der Waals surface area contributed by atoms with Crippen LogP contribution in [0, 0.1) is 5.82 Å². The quantitative estimate of drug-likeness (QED) is 0.884. The highest BCUT2D eigenvalue weighted by Gasteiger charge is 2.25. The Balaban J connectivity index is 2.00. The number of amides is 1. The van der Waals surface area contributed by atoms with Gasteiger partial charge >= 0.3 is 5.97 Å². The smallest absolute Gasteiger partial charge is 0.317 e. The maximum absolute atomic E-state index is 13.9. The SMILES string of the molecule is COc1ccc(C(=O)N2CCN(CC(=O)O)CC2)c(F)c1. The molecule has 0 spiro atoms. The van der Waals surface area contributed by atoms with Gasteiger partial charge in [-0.3, -0.25) is 14.5 Å². The molecular weight excluding hydrogens is 279 g/mol. The number of piperazine rings is 1. The number of carboxylic acids is 1. The van der Waals surface area contributed by atoms with Crippen molar-refractivity contribution in [2.45, 2.75) is 0 Å². The molecule has 7 heteroatoms. The predicted octanol–water partition coefficient (Wildman–Crippen LogP) is 0.677. The minimum absolute atomic E-state index is 0.00230. The van der Waals surface area contributed by atoms with Gasteiger partial charge in [0.15, 0.2) is 0 Å². The summed E-state index contributed by atoms with van der Waals surface area (Å²) in [4.78, 5) is 26.2. The third-order valence-electron chi connectivity index (χ3n) is 3.43. The first-order chi connectivity index (χ1) is 10.0. The van der Waals surface area contributed by atoms with Gasteiger partial charge in [0.25, 0.3) is 5.91 Å². The molecule has 1 aliphatic rings. The number of ether oxygens (including phenoxy) is 1. The number of aliphatic carboxylic acids is 1. The largest absolute Gasteiger partial charge is 0.497 e. The Morgan fingerprint density at radius 1 is 1.29 bits per heavy atom. The van der Waals surface area contributed by atoms with E-state index in [-0.39, 0.29) is 18.0 Å². The van der Waals surface area contributed by atoms with Crippen LogP contribution in [0.15, 0.2) is 18.2 Å². The second-order valence-electron chi connectivity index (χ2n) is 4.81. The number of carbonyl (C=O) groups is 2. The molecule has 1 heterocycles. The van der Waals surface area contributed by atoms with Crippen molar-refractivity contribution < 1.29 is 23.8 Å². The summed E-state index contributed by atoms with van der Waals surface area (Å²) in [6.45, 7) is 1.67. The Labute approximate surface area is 121 Å². The first-order valence-corrected chi connectivity index (χ1v) is 6.58. The Bertz CT molecular complexity index is 542. The van der Waals surface area contributed by atoms with E-state index in [0.29, 0.717) is 31.9 Å². The van der Waals surface area contributed by atoms with E-state index in [1.807, 2.05) is 0 Å². The second kappa shape index (κ2) is 6.53. The van der Waals surface area contributed by atoms with Crippen LogP contribution in [0.5, 0.6) is 5.75 Å². The Kier molecular flexibility index (Phi) is 4.74. The van der Waals surface area contributed by atoms with E-state index in [4.69, 9.17) is 9.84 Å². The van der Waals surface area contributed by atoms with Crippen LogP contribution in [-0.4, -0.2) is 66.6 Å². The standard InChI is InChI=1S/C14H17FN2O4/c1-21-10-2-3-11(12(15)8-10)14(20)17-6-4-16(5-7-17)9-13(18)19/h2-3,8H,4-7,9H2,1H3,(H,18,19). The van der Waals surface area contributed by atoms with Gasteiger partial charge in [0.1, 0.15) is 11.6 Å². The van der Waals surface area contributed by atoms with E-state index in [1.54, 1.807) is 4.90 Å². The summed E-state index contributed by atoms with van der Waals surface area (Å²) < 4.78 is 18.8. The summed E-state index contributed by atoms with van der Waals surface area (Å²) in [6.07, 6.45) is 0. The van der Waals surface area contributed by atoms with Gasteiger partial charge in [-0.15, -0.1) is 0 Å². The van der Waals surface area contributed by atoms with Crippen LogP contribution >= 0.6 is 0 Å². The van der Waals surface area contributed by atoms with Gasteiger partial charge in [-0.1, -0.05) is 0 Å². The molecule has 0 radical (unpaired) electrons. The molecule has 2 rings (SSSR count). The fourth-order valence-electron chi connectivity index (χ4n) is 2.27. The number of benzene rings is 1. The highest BCUT2D eigenvalue weighted by atomic mass is 19.1. The van der Waals surface area contributed by atoms with Crippen LogP contribution in [0.25, 0.3) is 0 Å². The van der Waals surface area contributed by atoms with Crippen molar-refractivity contribution in [3.05, 3.63) is 29.6 Å². The molecule has 0 aromatic heterocycles. The first kappa shape index (κ1) is 15.2. The van der Waals surface area contributed by atoms with Crippen LogP contribution in [0.1, 0.15) is 10.4 Å². The number of carbonyl (C=O) groups excluding carboxylic acids is 1. The molecule has 1 aromatic rings. The van der Waals surface area contributed by atoms with Crippen molar-refractivity contribution in [2.24, 2.45) is 0 Å². The van der Waals surface area contributed by atoms with Crippen LogP contribution < -0.4 is 4.74 Å². The van der Waals surface area contributed by atoms with E-state index < -0.39 is 11.8 Å². The topological polar surface area (TPSA) is 70.1 Å². The highest BCUT2D eigenvalue weighted by Crippen LogP contribution is 2.18. The summed E-state index contributed by atoms with van der Waals surface area (Å²) in [7, 11) is 1.43.